The van der Waals surface area contributed by atoms with Crippen molar-refractivity contribution in [1.82, 2.24) is 5.32 Å². The highest BCUT2D eigenvalue weighted by atomic mass is 16.5. The average molecular weight is 256 g/mol. The van der Waals surface area contributed by atoms with E-state index in [2.05, 4.69) is 17.4 Å². The minimum Gasteiger partial charge on any atom is -0.479 e. The largest absolute Gasteiger partial charge is 0.479 e. The summed E-state index contributed by atoms with van der Waals surface area (Å²) in [5.41, 5.74) is 1.28. The summed E-state index contributed by atoms with van der Waals surface area (Å²) in [7, 11) is 0. The fourth-order valence-electron chi connectivity index (χ4n) is 3.56. The third kappa shape index (κ3) is 2.90. The Labute approximate surface area is 114 Å². The van der Waals surface area contributed by atoms with Crippen LogP contribution in [0.25, 0.3) is 0 Å². The maximum atomic E-state index is 8.45. The van der Waals surface area contributed by atoms with Gasteiger partial charge in [-0.25, -0.2) is 0 Å². The van der Waals surface area contributed by atoms with E-state index in [0.717, 1.165) is 30.2 Å². The summed E-state index contributed by atoms with van der Waals surface area (Å²) in [6.07, 6.45) is 5.68. The van der Waals surface area contributed by atoms with Crippen LogP contribution >= 0.6 is 0 Å². The van der Waals surface area contributed by atoms with E-state index in [1.54, 1.807) is 0 Å². The Morgan fingerprint density at radius 1 is 1.21 bits per heavy atom. The van der Waals surface area contributed by atoms with Gasteiger partial charge in [0.2, 0.25) is 0 Å². The quantitative estimate of drug-likeness (QED) is 0.881. The number of nitriles is 1. The summed E-state index contributed by atoms with van der Waals surface area (Å²) in [5, 5.41) is 12.2. The predicted molar refractivity (Wildman–Crippen MR) is 73.6 cm³/mol. The molecule has 3 atom stereocenters. The van der Waals surface area contributed by atoms with Crippen molar-refractivity contribution < 1.29 is 4.74 Å². The summed E-state index contributed by atoms with van der Waals surface area (Å²) in [5.74, 6) is 2.68. The zero-order valence-electron chi connectivity index (χ0n) is 11.1. The lowest BCUT2D eigenvalue weighted by Crippen LogP contribution is -2.33. The first-order chi connectivity index (χ1) is 9.35. The number of hydrogen-bond donors (Lipinski definition) is 1. The molecule has 100 valence electrons. The molecule has 2 saturated carbocycles. The monoisotopic (exact) mass is 256 g/mol. The molecule has 19 heavy (non-hydrogen) atoms. The maximum Gasteiger partial charge on any atom is 0.174 e. The van der Waals surface area contributed by atoms with E-state index in [-0.39, 0.29) is 6.61 Å². The van der Waals surface area contributed by atoms with Gasteiger partial charge < -0.3 is 10.1 Å². The van der Waals surface area contributed by atoms with E-state index in [4.69, 9.17) is 10.00 Å². The lowest BCUT2D eigenvalue weighted by atomic mass is 9.95. The SMILES string of the molecule is N#CCOc1ccc(CNC2CC3CCC2C3)cc1. The standard InChI is InChI=1S/C16H20N2O/c17-7-8-19-15-5-2-12(3-6-15)11-18-16-10-13-1-4-14(16)9-13/h2-3,5-6,13-14,16,18H,1,4,8-11H2. The second-order valence-corrected chi connectivity index (χ2v) is 5.75. The van der Waals surface area contributed by atoms with Crippen molar-refractivity contribution in [2.24, 2.45) is 11.8 Å². The molecule has 3 nitrogen and oxygen atoms in total. The zero-order chi connectivity index (χ0) is 13.1. The van der Waals surface area contributed by atoms with E-state index < -0.39 is 0 Å². The number of rotatable bonds is 5. The second-order valence-electron chi connectivity index (χ2n) is 5.75. The molecule has 0 aromatic heterocycles. The predicted octanol–water partition coefficient (Wildman–Crippen LogP) is 2.87. The van der Waals surface area contributed by atoms with Crippen molar-refractivity contribution in [2.45, 2.75) is 38.3 Å². The van der Waals surface area contributed by atoms with Gasteiger partial charge in [0.25, 0.3) is 0 Å². The van der Waals surface area contributed by atoms with Gasteiger partial charge in [-0.3, -0.25) is 0 Å². The van der Waals surface area contributed by atoms with Crippen LogP contribution in [0.1, 0.15) is 31.2 Å². The zero-order valence-corrected chi connectivity index (χ0v) is 11.1. The fraction of sp³-hybridized carbons (Fsp3) is 0.562. The number of hydrogen-bond acceptors (Lipinski definition) is 3. The maximum absolute atomic E-state index is 8.45. The van der Waals surface area contributed by atoms with Gasteiger partial charge in [-0.05, 0) is 48.8 Å². The molecule has 1 N–H and O–H groups in total. The first-order valence-electron chi connectivity index (χ1n) is 7.17. The molecule has 1 aromatic rings. The van der Waals surface area contributed by atoms with Gasteiger partial charge in [0.1, 0.15) is 11.8 Å². The summed E-state index contributed by atoms with van der Waals surface area (Å²) in [6, 6.07) is 10.7. The molecule has 2 aliphatic rings. The second kappa shape index (κ2) is 5.63. The van der Waals surface area contributed by atoms with Crippen molar-refractivity contribution in [2.75, 3.05) is 6.61 Å². The lowest BCUT2D eigenvalue weighted by Gasteiger charge is -2.23. The van der Waals surface area contributed by atoms with Crippen LogP contribution in [0.3, 0.4) is 0 Å². The van der Waals surface area contributed by atoms with Gasteiger partial charge in [-0.15, -0.1) is 0 Å². The molecule has 2 fully saturated rings. The normalized spacial score (nSPS) is 28.3. The van der Waals surface area contributed by atoms with E-state index in [9.17, 15) is 0 Å². The Morgan fingerprint density at radius 2 is 2.05 bits per heavy atom. The molecule has 3 rings (SSSR count). The van der Waals surface area contributed by atoms with Gasteiger partial charge in [-0.1, -0.05) is 18.6 Å². The van der Waals surface area contributed by atoms with E-state index >= 15 is 0 Å². The molecular formula is C16H20N2O. The number of benzene rings is 1. The van der Waals surface area contributed by atoms with Crippen LogP contribution in [0.15, 0.2) is 24.3 Å². The Morgan fingerprint density at radius 3 is 2.68 bits per heavy atom. The lowest BCUT2D eigenvalue weighted by molar-refractivity contribution is 0.350. The minimum absolute atomic E-state index is 0.114. The molecule has 0 saturated heterocycles. The Bertz CT molecular complexity index is 463. The highest BCUT2D eigenvalue weighted by molar-refractivity contribution is 5.27. The first-order valence-corrected chi connectivity index (χ1v) is 7.17. The van der Waals surface area contributed by atoms with Crippen molar-refractivity contribution in [1.29, 1.82) is 5.26 Å². The summed E-state index contributed by atoms with van der Waals surface area (Å²) >= 11 is 0. The topological polar surface area (TPSA) is 45.0 Å². The van der Waals surface area contributed by atoms with Gasteiger partial charge in [0, 0.05) is 12.6 Å². The van der Waals surface area contributed by atoms with Crippen molar-refractivity contribution in [3.05, 3.63) is 29.8 Å². The molecule has 2 aliphatic carbocycles. The molecule has 2 bridgehead atoms. The van der Waals surface area contributed by atoms with Crippen molar-refractivity contribution >= 4 is 0 Å². The van der Waals surface area contributed by atoms with E-state index in [1.807, 2.05) is 18.2 Å². The molecule has 0 heterocycles. The molecule has 0 spiro atoms. The number of nitrogens with one attached hydrogen (secondary N) is 1. The fourth-order valence-corrected chi connectivity index (χ4v) is 3.56. The number of fused-ring (bicyclic) bond motifs is 2. The molecule has 3 unspecified atom stereocenters. The van der Waals surface area contributed by atoms with Crippen LogP contribution in [-0.2, 0) is 6.54 Å². The summed E-state index contributed by atoms with van der Waals surface area (Å²) in [4.78, 5) is 0. The number of ether oxygens (including phenoxy) is 1. The van der Waals surface area contributed by atoms with Crippen LogP contribution in [-0.4, -0.2) is 12.6 Å². The molecule has 0 amide bonds. The van der Waals surface area contributed by atoms with Crippen LogP contribution in [0.4, 0.5) is 0 Å². The summed E-state index contributed by atoms with van der Waals surface area (Å²) < 4.78 is 5.25. The molecule has 0 aliphatic heterocycles. The highest BCUT2D eigenvalue weighted by Crippen LogP contribution is 2.44. The third-order valence-corrected chi connectivity index (χ3v) is 4.53. The van der Waals surface area contributed by atoms with Crippen LogP contribution < -0.4 is 10.1 Å². The van der Waals surface area contributed by atoms with Gasteiger partial charge in [0.15, 0.2) is 6.61 Å². The Hall–Kier alpha value is -1.53. The Kier molecular flexibility index (Phi) is 3.70. The smallest absolute Gasteiger partial charge is 0.174 e. The van der Waals surface area contributed by atoms with E-state index in [1.165, 1.54) is 31.2 Å². The van der Waals surface area contributed by atoms with Crippen LogP contribution in [0.5, 0.6) is 5.75 Å². The van der Waals surface area contributed by atoms with Gasteiger partial charge >= 0.3 is 0 Å². The highest BCUT2D eigenvalue weighted by Gasteiger charge is 2.38. The molecule has 3 heteroatoms. The van der Waals surface area contributed by atoms with E-state index in [0.29, 0.717) is 0 Å². The average Bonchev–Trinajstić information content (AvgIpc) is 3.06. The molecular weight excluding hydrogens is 236 g/mol. The molecule has 0 radical (unpaired) electrons. The molecule has 1 aromatic carbocycles. The minimum atomic E-state index is 0.114. The summed E-state index contributed by atoms with van der Waals surface area (Å²) in [6.45, 7) is 1.05. The Balaban J connectivity index is 1.49. The third-order valence-electron chi connectivity index (χ3n) is 4.53. The van der Waals surface area contributed by atoms with Crippen molar-refractivity contribution in [3.8, 4) is 11.8 Å². The number of nitrogens with zero attached hydrogens (tertiary/aromatic N) is 1. The van der Waals surface area contributed by atoms with Gasteiger partial charge in [-0.2, -0.15) is 5.26 Å². The van der Waals surface area contributed by atoms with Crippen molar-refractivity contribution in [3.63, 3.8) is 0 Å². The first kappa shape index (κ1) is 12.5. The van der Waals surface area contributed by atoms with Gasteiger partial charge in [0.05, 0.1) is 0 Å². The van der Waals surface area contributed by atoms with Crippen LogP contribution in [0, 0.1) is 23.2 Å². The van der Waals surface area contributed by atoms with Crippen LogP contribution in [0.2, 0.25) is 0 Å².